The molecular weight excluding hydrogens is 618 g/mol. The first-order chi connectivity index (χ1) is 23.5. The fourth-order valence-electron chi connectivity index (χ4n) is 5.21. The Bertz CT molecular complexity index is 1480. The molecule has 0 radical (unpaired) electrons. The molecule has 2 aliphatic heterocycles. The van der Waals surface area contributed by atoms with Crippen molar-refractivity contribution in [2.24, 2.45) is 0 Å². The third-order valence-corrected chi connectivity index (χ3v) is 7.88. The predicted molar refractivity (Wildman–Crippen MR) is 175 cm³/mol. The van der Waals surface area contributed by atoms with E-state index in [-0.39, 0.29) is 36.7 Å². The van der Waals surface area contributed by atoms with E-state index in [0.717, 1.165) is 11.1 Å². The number of nitrogens with zero attached hydrogens (tertiary/aromatic N) is 2. The molecule has 0 aromatic heterocycles. The highest BCUT2D eigenvalue weighted by atomic mass is 16.6. The molecule has 0 spiro atoms. The Morgan fingerprint density at radius 2 is 1.00 bits per heavy atom. The van der Waals surface area contributed by atoms with Gasteiger partial charge in [-0.05, 0) is 47.5 Å². The Kier molecular flexibility index (Phi) is 13.2. The van der Waals surface area contributed by atoms with E-state index in [0.29, 0.717) is 101 Å². The summed E-state index contributed by atoms with van der Waals surface area (Å²) in [5, 5.41) is 2.90. The Hall–Kier alpha value is -4.46. The molecule has 0 bridgehead atoms. The number of carbonyl (C=O) groups is 4. The first-order valence-electron chi connectivity index (χ1n) is 16.1. The first kappa shape index (κ1) is 34.9. The number of benzene rings is 3. The first-order valence-corrected chi connectivity index (χ1v) is 16.1. The van der Waals surface area contributed by atoms with Crippen LogP contribution < -0.4 is 5.32 Å². The van der Waals surface area contributed by atoms with Gasteiger partial charge in [-0.15, -0.1) is 0 Å². The molecule has 3 aromatic rings. The van der Waals surface area contributed by atoms with Crippen LogP contribution in [0, 0.1) is 0 Å². The van der Waals surface area contributed by atoms with Gasteiger partial charge in [-0.1, -0.05) is 36.4 Å². The lowest BCUT2D eigenvalue weighted by Gasteiger charge is -2.23. The summed E-state index contributed by atoms with van der Waals surface area (Å²) >= 11 is 0. The molecular formula is C36H41N3O9. The lowest BCUT2D eigenvalue weighted by atomic mass is 10.1. The van der Waals surface area contributed by atoms with Crippen LogP contribution in [0.4, 0.5) is 0 Å². The summed E-state index contributed by atoms with van der Waals surface area (Å²) in [5.41, 5.74) is 3.34. The SMILES string of the molecule is O=C(NCc1ccc(C(=O)N2CCOCCOCCOCCOCCOCC2)cc1)c1ccc(CN2C(=O)c3ccccc3C2=O)cc1. The van der Waals surface area contributed by atoms with E-state index in [1.54, 1.807) is 65.6 Å². The number of ether oxygens (including phenoxy) is 5. The van der Waals surface area contributed by atoms with Gasteiger partial charge in [0.2, 0.25) is 0 Å². The predicted octanol–water partition coefficient (Wildman–Crippen LogP) is 2.95. The average Bonchev–Trinajstić information content (AvgIpc) is 3.35. The van der Waals surface area contributed by atoms with Gasteiger partial charge in [0.15, 0.2) is 0 Å². The molecule has 254 valence electrons. The van der Waals surface area contributed by atoms with Crippen LogP contribution in [0.15, 0.2) is 72.8 Å². The number of hydrogen-bond acceptors (Lipinski definition) is 9. The van der Waals surface area contributed by atoms with Crippen LogP contribution in [0.5, 0.6) is 0 Å². The maximum atomic E-state index is 13.4. The van der Waals surface area contributed by atoms with Gasteiger partial charge < -0.3 is 33.9 Å². The highest BCUT2D eigenvalue weighted by Gasteiger charge is 2.34. The fraction of sp³-hybridized carbons (Fsp3) is 0.389. The van der Waals surface area contributed by atoms with Crippen molar-refractivity contribution in [3.05, 3.63) is 106 Å². The molecule has 1 saturated heterocycles. The molecule has 2 aliphatic rings. The number of imide groups is 1. The standard InChI is InChI=1S/C36H41N3O9/c40-33(29-9-7-28(8-10-29)26-39-35(42)31-3-1-2-4-32(31)36(39)43)37-25-27-5-11-30(12-6-27)34(41)38-13-15-44-17-19-46-21-23-48-24-22-47-20-18-45-16-14-38/h1-12H,13-26H2,(H,37,40). The molecule has 0 atom stereocenters. The fourth-order valence-corrected chi connectivity index (χ4v) is 5.21. The lowest BCUT2D eigenvalue weighted by Crippen LogP contribution is -2.37. The third-order valence-electron chi connectivity index (χ3n) is 7.88. The van der Waals surface area contributed by atoms with Crippen LogP contribution in [-0.2, 0) is 36.8 Å². The van der Waals surface area contributed by atoms with Crippen LogP contribution in [0.3, 0.4) is 0 Å². The van der Waals surface area contributed by atoms with Crippen LogP contribution in [-0.4, -0.2) is 113 Å². The topological polar surface area (TPSA) is 133 Å². The lowest BCUT2D eigenvalue weighted by molar-refractivity contribution is -0.0176. The summed E-state index contributed by atoms with van der Waals surface area (Å²) in [7, 11) is 0. The summed E-state index contributed by atoms with van der Waals surface area (Å²) in [5.74, 6) is -1.06. The van der Waals surface area contributed by atoms with Crippen molar-refractivity contribution in [3.8, 4) is 0 Å². The smallest absolute Gasteiger partial charge is 0.261 e. The zero-order chi connectivity index (χ0) is 33.6. The quantitative estimate of drug-likeness (QED) is 0.397. The molecule has 4 amide bonds. The van der Waals surface area contributed by atoms with Crippen molar-refractivity contribution in [1.29, 1.82) is 0 Å². The second-order valence-electron chi connectivity index (χ2n) is 11.2. The monoisotopic (exact) mass is 659 g/mol. The van der Waals surface area contributed by atoms with Gasteiger partial charge in [-0.25, -0.2) is 0 Å². The molecule has 0 saturated carbocycles. The summed E-state index contributed by atoms with van der Waals surface area (Å²) < 4.78 is 27.8. The Labute approximate surface area is 279 Å². The Balaban J connectivity index is 1.09. The van der Waals surface area contributed by atoms with Crippen molar-refractivity contribution in [2.45, 2.75) is 13.1 Å². The molecule has 0 unspecified atom stereocenters. The molecule has 1 fully saturated rings. The highest BCUT2D eigenvalue weighted by Crippen LogP contribution is 2.24. The number of rotatable bonds is 6. The molecule has 1 N–H and O–H groups in total. The van der Waals surface area contributed by atoms with Gasteiger partial charge in [-0.3, -0.25) is 24.1 Å². The minimum Gasteiger partial charge on any atom is -0.377 e. The molecule has 48 heavy (non-hydrogen) atoms. The van der Waals surface area contributed by atoms with Crippen LogP contribution in [0.1, 0.15) is 52.6 Å². The summed E-state index contributed by atoms with van der Waals surface area (Å²) in [6, 6.07) is 20.7. The maximum Gasteiger partial charge on any atom is 0.261 e. The number of carbonyl (C=O) groups excluding carboxylic acids is 4. The van der Waals surface area contributed by atoms with E-state index in [2.05, 4.69) is 5.32 Å². The maximum absolute atomic E-state index is 13.4. The van der Waals surface area contributed by atoms with Gasteiger partial charge in [0.1, 0.15) is 0 Å². The number of fused-ring (bicyclic) bond motifs is 1. The van der Waals surface area contributed by atoms with Crippen molar-refractivity contribution in [3.63, 3.8) is 0 Å². The van der Waals surface area contributed by atoms with Crippen molar-refractivity contribution >= 4 is 23.6 Å². The molecule has 5 rings (SSSR count). The zero-order valence-electron chi connectivity index (χ0n) is 26.9. The second kappa shape index (κ2) is 18.2. The number of amides is 4. The van der Waals surface area contributed by atoms with E-state index < -0.39 is 0 Å². The van der Waals surface area contributed by atoms with Crippen LogP contribution in [0.2, 0.25) is 0 Å². The minimum absolute atomic E-state index is 0.122. The van der Waals surface area contributed by atoms with Gasteiger partial charge in [0, 0.05) is 30.8 Å². The molecule has 3 aromatic carbocycles. The Morgan fingerprint density at radius 3 is 1.50 bits per heavy atom. The molecule has 12 heteroatoms. The summed E-state index contributed by atoms with van der Waals surface area (Å²) in [6.45, 7) is 5.59. The van der Waals surface area contributed by atoms with Crippen molar-refractivity contribution in [1.82, 2.24) is 15.1 Å². The summed E-state index contributed by atoms with van der Waals surface area (Å²) in [4.78, 5) is 54.5. The van der Waals surface area contributed by atoms with Gasteiger partial charge in [0.05, 0.1) is 83.7 Å². The molecule has 12 nitrogen and oxygen atoms in total. The minimum atomic E-state index is -0.323. The van der Waals surface area contributed by atoms with Crippen molar-refractivity contribution < 1.29 is 42.9 Å². The Morgan fingerprint density at radius 1 is 0.562 bits per heavy atom. The van der Waals surface area contributed by atoms with Gasteiger partial charge in [-0.2, -0.15) is 0 Å². The van der Waals surface area contributed by atoms with Crippen molar-refractivity contribution in [2.75, 3.05) is 79.2 Å². The third kappa shape index (κ3) is 9.78. The normalized spacial score (nSPS) is 17.3. The molecule has 2 heterocycles. The largest absolute Gasteiger partial charge is 0.377 e. The van der Waals surface area contributed by atoms with Crippen LogP contribution >= 0.6 is 0 Å². The van der Waals surface area contributed by atoms with Crippen LogP contribution in [0.25, 0.3) is 0 Å². The molecule has 0 aliphatic carbocycles. The highest BCUT2D eigenvalue weighted by molar-refractivity contribution is 6.21. The van der Waals surface area contributed by atoms with Gasteiger partial charge >= 0.3 is 0 Å². The average molecular weight is 660 g/mol. The van der Waals surface area contributed by atoms with E-state index in [1.807, 2.05) is 12.1 Å². The van der Waals surface area contributed by atoms with E-state index in [4.69, 9.17) is 23.7 Å². The van der Waals surface area contributed by atoms with E-state index in [9.17, 15) is 19.2 Å². The second-order valence-corrected chi connectivity index (χ2v) is 11.2. The van der Waals surface area contributed by atoms with E-state index >= 15 is 0 Å². The number of hydrogen-bond donors (Lipinski definition) is 1. The van der Waals surface area contributed by atoms with Gasteiger partial charge in [0.25, 0.3) is 23.6 Å². The zero-order valence-corrected chi connectivity index (χ0v) is 26.9. The van der Waals surface area contributed by atoms with E-state index in [1.165, 1.54) is 4.90 Å². The summed E-state index contributed by atoms with van der Waals surface area (Å²) in [6.07, 6.45) is 0. The number of nitrogens with one attached hydrogen (secondary N) is 1.